The van der Waals surface area contributed by atoms with Crippen LogP contribution in [0.1, 0.15) is 15.9 Å². The van der Waals surface area contributed by atoms with Gasteiger partial charge in [0.25, 0.3) is 5.56 Å². The van der Waals surface area contributed by atoms with E-state index in [-0.39, 0.29) is 11.1 Å². The normalized spacial score (nSPS) is 10.4. The number of benzene rings is 1. The zero-order chi connectivity index (χ0) is 18.7. The molecule has 132 valence electrons. The van der Waals surface area contributed by atoms with Crippen LogP contribution >= 0.6 is 0 Å². The molecule has 0 atom stereocenters. The molecule has 1 aromatic carbocycles. The molecule has 0 amide bonds. The van der Waals surface area contributed by atoms with Gasteiger partial charge in [0, 0.05) is 30.7 Å². The van der Waals surface area contributed by atoms with Gasteiger partial charge in [-0.1, -0.05) is 0 Å². The number of carboxylic acids is 1. The number of aryl methyl sites for hydroxylation is 2. The van der Waals surface area contributed by atoms with Crippen LogP contribution in [0.2, 0.25) is 0 Å². The summed E-state index contributed by atoms with van der Waals surface area (Å²) in [6.45, 7) is 1.83. The third-order valence-corrected chi connectivity index (χ3v) is 3.74. The van der Waals surface area contributed by atoms with Gasteiger partial charge >= 0.3 is 5.97 Å². The molecule has 0 aliphatic carbocycles. The van der Waals surface area contributed by atoms with Crippen LogP contribution in [0.25, 0.3) is 0 Å². The Morgan fingerprint density at radius 2 is 1.88 bits per heavy atom. The monoisotopic (exact) mass is 351 g/mol. The second-order valence-corrected chi connectivity index (χ2v) is 5.70. The van der Waals surface area contributed by atoms with Gasteiger partial charge in [-0.15, -0.1) is 0 Å². The minimum atomic E-state index is -0.987. The number of aromatic carboxylic acids is 1. The molecular weight excluding hydrogens is 334 g/mol. The van der Waals surface area contributed by atoms with E-state index in [1.807, 2.05) is 6.92 Å². The summed E-state index contributed by atoms with van der Waals surface area (Å²) >= 11 is 0. The van der Waals surface area contributed by atoms with Crippen molar-refractivity contribution in [1.82, 2.24) is 14.5 Å². The van der Waals surface area contributed by atoms with Gasteiger partial charge in [-0.3, -0.25) is 4.79 Å². The highest BCUT2D eigenvalue weighted by Crippen LogP contribution is 2.19. The topological polar surface area (TPSA) is 109 Å². The Balaban J connectivity index is 1.84. The van der Waals surface area contributed by atoms with Gasteiger partial charge in [-0.25, -0.2) is 9.78 Å². The van der Waals surface area contributed by atoms with Gasteiger partial charge in [-0.2, -0.15) is 4.98 Å². The summed E-state index contributed by atoms with van der Waals surface area (Å²) in [5.74, 6) is -0.152. The molecule has 0 aliphatic heterocycles. The van der Waals surface area contributed by atoms with Crippen molar-refractivity contribution in [1.29, 1.82) is 0 Å². The summed E-state index contributed by atoms with van der Waals surface area (Å²) in [4.78, 5) is 31.6. The average molecular weight is 351 g/mol. The van der Waals surface area contributed by atoms with Crippen LogP contribution in [0, 0.1) is 6.92 Å². The molecule has 0 bridgehead atoms. The molecule has 2 aromatic heterocycles. The summed E-state index contributed by atoms with van der Waals surface area (Å²) in [6.07, 6.45) is 3.31. The molecule has 26 heavy (non-hydrogen) atoms. The van der Waals surface area contributed by atoms with Crippen molar-refractivity contribution in [3.8, 4) is 0 Å². The van der Waals surface area contributed by atoms with Crippen molar-refractivity contribution >= 4 is 29.1 Å². The van der Waals surface area contributed by atoms with E-state index in [0.717, 1.165) is 5.56 Å². The number of rotatable bonds is 5. The first-order valence-corrected chi connectivity index (χ1v) is 7.81. The van der Waals surface area contributed by atoms with Crippen molar-refractivity contribution in [3.05, 3.63) is 70.3 Å². The number of hydrogen-bond acceptors (Lipinski definition) is 6. The maximum absolute atomic E-state index is 12.1. The summed E-state index contributed by atoms with van der Waals surface area (Å²) < 4.78 is 1.47. The Morgan fingerprint density at radius 3 is 2.58 bits per heavy atom. The third kappa shape index (κ3) is 3.69. The van der Waals surface area contributed by atoms with E-state index in [1.165, 1.54) is 16.7 Å². The van der Waals surface area contributed by atoms with E-state index in [1.54, 1.807) is 43.7 Å². The van der Waals surface area contributed by atoms with Crippen molar-refractivity contribution in [3.63, 3.8) is 0 Å². The predicted molar refractivity (Wildman–Crippen MR) is 98.4 cm³/mol. The standard InChI is InChI=1S/C18H17N5O3/c1-11-10-19-18(20-13-7-5-12(6-8-13)17(25)26)22-15(11)21-14-4-3-9-23(2)16(14)24/h3-10H,1-2H3,(H,25,26)(H2,19,20,21,22). The zero-order valence-corrected chi connectivity index (χ0v) is 14.2. The van der Waals surface area contributed by atoms with E-state index in [9.17, 15) is 9.59 Å². The highest BCUT2D eigenvalue weighted by molar-refractivity contribution is 5.88. The first kappa shape index (κ1) is 17.2. The van der Waals surface area contributed by atoms with Crippen LogP contribution in [-0.4, -0.2) is 25.6 Å². The van der Waals surface area contributed by atoms with Crippen molar-refractivity contribution in [2.75, 3.05) is 10.6 Å². The number of carbonyl (C=O) groups is 1. The van der Waals surface area contributed by atoms with Crippen LogP contribution in [0.15, 0.2) is 53.6 Å². The molecular formula is C18H17N5O3. The van der Waals surface area contributed by atoms with E-state index in [0.29, 0.717) is 23.1 Å². The smallest absolute Gasteiger partial charge is 0.335 e. The fraction of sp³-hybridized carbons (Fsp3) is 0.111. The molecule has 0 saturated carbocycles. The van der Waals surface area contributed by atoms with Crippen molar-refractivity contribution < 1.29 is 9.90 Å². The summed E-state index contributed by atoms with van der Waals surface area (Å²) in [7, 11) is 1.67. The second kappa shape index (κ2) is 7.06. The van der Waals surface area contributed by atoms with Gasteiger partial charge in [-0.05, 0) is 43.3 Å². The Hall–Kier alpha value is -3.68. The van der Waals surface area contributed by atoms with E-state index in [4.69, 9.17) is 5.11 Å². The van der Waals surface area contributed by atoms with Crippen LogP contribution in [0.3, 0.4) is 0 Å². The highest BCUT2D eigenvalue weighted by atomic mass is 16.4. The van der Waals surface area contributed by atoms with Crippen LogP contribution < -0.4 is 16.2 Å². The lowest BCUT2D eigenvalue weighted by molar-refractivity contribution is 0.0697. The average Bonchev–Trinajstić information content (AvgIpc) is 2.62. The number of pyridine rings is 1. The van der Waals surface area contributed by atoms with Crippen LogP contribution in [0.4, 0.5) is 23.1 Å². The molecule has 0 radical (unpaired) electrons. The Kier molecular flexibility index (Phi) is 4.66. The number of hydrogen-bond donors (Lipinski definition) is 3. The van der Waals surface area contributed by atoms with E-state index < -0.39 is 5.97 Å². The largest absolute Gasteiger partial charge is 0.478 e. The number of carboxylic acid groups (broad SMARTS) is 1. The minimum absolute atomic E-state index is 0.163. The van der Waals surface area contributed by atoms with E-state index >= 15 is 0 Å². The summed E-state index contributed by atoms with van der Waals surface area (Å²) in [6, 6.07) is 9.70. The number of nitrogens with zero attached hydrogens (tertiary/aromatic N) is 3. The molecule has 8 nitrogen and oxygen atoms in total. The third-order valence-electron chi connectivity index (χ3n) is 3.74. The molecule has 0 aliphatic rings. The Bertz CT molecular complexity index is 1010. The predicted octanol–water partition coefficient (Wildman–Crippen LogP) is 2.67. The Morgan fingerprint density at radius 1 is 1.15 bits per heavy atom. The van der Waals surface area contributed by atoms with Gasteiger partial charge in [0.05, 0.1) is 5.56 Å². The van der Waals surface area contributed by atoms with Gasteiger partial charge in [0.2, 0.25) is 5.95 Å². The molecule has 0 fully saturated rings. The zero-order valence-electron chi connectivity index (χ0n) is 14.2. The minimum Gasteiger partial charge on any atom is -0.478 e. The molecule has 0 unspecified atom stereocenters. The number of nitrogens with one attached hydrogen (secondary N) is 2. The van der Waals surface area contributed by atoms with Crippen LogP contribution in [0.5, 0.6) is 0 Å². The highest BCUT2D eigenvalue weighted by Gasteiger charge is 2.08. The summed E-state index contributed by atoms with van der Waals surface area (Å²) in [5.41, 5.74) is 1.88. The van der Waals surface area contributed by atoms with Crippen molar-refractivity contribution in [2.45, 2.75) is 6.92 Å². The molecule has 0 spiro atoms. The molecule has 3 aromatic rings. The summed E-state index contributed by atoms with van der Waals surface area (Å²) in [5, 5.41) is 15.0. The SMILES string of the molecule is Cc1cnc(Nc2ccc(C(=O)O)cc2)nc1Nc1cccn(C)c1=O. The first-order chi connectivity index (χ1) is 12.4. The fourth-order valence-corrected chi connectivity index (χ4v) is 2.27. The second-order valence-electron chi connectivity index (χ2n) is 5.70. The molecule has 8 heteroatoms. The van der Waals surface area contributed by atoms with Crippen LogP contribution in [-0.2, 0) is 7.05 Å². The van der Waals surface area contributed by atoms with Gasteiger partial charge < -0.3 is 20.3 Å². The fourth-order valence-electron chi connectivity index (χ4n) is 2.27. The lowest BCUT2D eigenvalue weighted by atomic mass is 10.2. The van der Waals surface area contributed by atoms with Crippen molar-refractivity contribution in [2.24, 2.45) is 7.05 Å². The Labute approximate surface area is 149 Å². The maximum atomic E-state index is 12.1. The number of aromatic nitrogens is 3. The van der Waals surface area contributed by atoms with Gasteiger partial charge in [0.15, 0.2) is 0 Å². The molecule has 2 heterocycles. The lowest BCUT2D eigenvalue weighted by Gasteiger charge is -2.11. The molecule has 3 N–H and O–H groups in total. The van der Waals surface area contributed by atoms with E-state index in [2.05, 4.69) is 20.6 Å². The quantitative estimate of drug-likeness (QED) is 0.648. The lowest BCUT2D eigenvalue weighted by Crippen LogP contribution is -2.19. The molecule has 3 rings (SSSR count). The first-order valence-electron chi connectivity index (χ1n) is 7.81. The van der Waals surface area contributed by atoms with Gasteiger partial charge in [0.1, 0.15) is 11.5 Å². The maximum Gasteiger partial charge on any atom is 0.335 e. The molecule has 0 saturated heterocycles. The number of anilines is 4.